The molecule has 3 unspecified atom stereocenters. The summed E-state index contributed by atoms with van der Waals surface area (Å²) in [4.78, 5) is 26.0. The van der Waals surface area contributed by atoms with Crippen LogP contribution in [-0.4, -0.2) is 54.4 Å². The molecule has 1 fully saturated rings. The van der Waals surface area contributed by atoms with Crippen molar-refractivity contribution in [1.82, 2.24) is 15.4 Å². The van der Waals surface area contributed by atoms with Gasteiger partial charge in [0.15, 0.2) is 5.82 Å². The molecule has 5 rings (SSSR count). The summed E-state index contributed by atoms with van der Waals surface area (Å²) in [6.45, 7) is 3.28. The fourth-order valence-corrected chi connectivity index (χ4v) is 4.62. The number of amides is 1. The monoisotopic (exact) mass is 428 g/mol. The van der Waals surface area contributed by atoms with E-state index in [2.05, 4.69) is 15.5 Å². The Morgan fingerprint density at radius 3 is 2.97 bits per heavy atom. The molecule has 0 aliphatic carbocycles. The number of anilines is 2. The van der Waals surface area contributed by atoms with Gasteiger partial charge in [-0.2, -0.15) is 5.10 Å². The highest BCUT2D eigenvalue weighted by Crippen LogP contribution is 2.42. The quantitative estimate of drug-likeness (QED) is 0.807. The summed E-state index contributed by atoms with van der Waals surface area (Å²) in [6.07, 6.45) is 3.82. The standard InChI is InChI=1S/C21H22F2N6O2/c1-3-21-11-31-7-6-29(21)19-16(28(2)20(21)30)10-24-18(26-19)14-9-25-27-17(14)13-5-4-12(22)8-15(13)23/h4-5,8-10,14,17,27H,3,6-7,11H2,1-2H3. The second-order valence-electron chi connectivity index (χ2n) is 7.97. The first-order valence-electron chi connectivity index (χ1n) is 10.2. The smallest absolute Gasteiger partial charge is 0.255 e. The van der Waals surface area contributed by atoms with E-state index in [-0.39, 0.29) is 11.5 Å². The molecule has 8 nitrogen and oxygen atoms in total. The van der Waals surface area contributed by atoms with Gasteiger partial charge in [0.2, 0.25) is 0 Å². The van der Waals surface area contributed by atoms with Gasteiger partial charge in [-0.05, 0) is 12.5 Å². The summed E-state index contributed by atoms with van der Waals surface area (Å²) in [6, 6.07) is 2.90. The molecule has 1 aromatic carbocycles. The molecule has 1 N–H and O–H groups in total. The van der Waals surface area contributed by atoms with Crippen molar-refractivity contribution in [3.05, 3.63) is 47.4 Å². The fraction of sp³-hybridized carbons (Fsp3) is 0.429. The molecule has 0 saturated carbocycles. The maximum absolute atomic E-state index is 14.4. The van der Waals surface area contributed by atoms with Gasteiger partial charge in [0.1, 0.15) is 28.7 Å². The SMILES string of the molecule is CCC12COCCN1c1nc(C3C=NNC3c3ccc(F)cc3F)ncc1N(C)C2=O. The number of likely N-dealkylation sites (N-methyl/N-ethyl adjacent to an activating group) is 1. The number of morpholine rings is 1. The Bertz CT molecular complexity index is 1080. The van der Waals surface area contributed by atoms with Crippen molar-refractivity contribution in [3.63, 3.8) is 0 Å². The minimum atomic E-state index is -0.809. The molecule has 4 heterocycles. The lowest BCUT2D eigenvalue weighted by Crippen LogP contribution is -2.68. The Hall–Kier alpha value is -3.14. The lowest BCUT2D eigenvalue weighted by atomic mass is 9.89. The number of hydrogen-bond acceptors (Lipinski definition) is 7. The Morgan fingerprint density at radius 2 is 2.19 bits per heavy atom. The first-order chi connectivity index (χ1) is 15.0. The second-order valence-corrected chi connectivity index (χ2v) is 7.97. The summed E-state index contributed by atoms with van der Waals surface area (Å²) in [5.74, 6) is -0.706. The molecule has 1 amide bonds. The molecule has 31 heavy (non-hydrogen) atoms. The second kappa shape index (κ2) is 7.23. The van der Waals surface area contributed by atoms with E-state index in [1.165, 1.54) is 12.1 Å². The minimum Gasteiger partial charge on any atom is -0.377 e. The lowest BCUT2D eigenvalue weighted by molar-refractivity contribution is -0.128. The number of carbonyl (C=O) groups is 1. The van der Waals surface area contributed by atoms with E-state index in [0.717, 1.165) is 6.07 Å². The summed E-state index contributed by atoms with van der Waals surface area (Å²) in [7, 11) is 1.71. The topological polar surface area (TPSA) is 82.9 Å². The van der Waals surface area contributed by atoms with Crippen molar-refractivity contribution in [1.29, 1.82) is 0 Å². The predicted molar refractivity (Wildman–Crippen MR) is 110 cm³/mol. The number of nitrogens with zero attached hydrogens (tertiary/aromatic N) is 5. The molecule has 3 aliphatic rings. The van der Waals surface area contributed by atoms with E-state index in [4.69, 9.17) is 9.72 Å². The number of fused-ring (bicyclic) bond motifs is 3. The van der Waals surface area contributed by atoms with Crippen LogP contribution in [-0.2, 0) is 9.53 Å². The van der Waals surface area contributed by atoms with Gasteiger partial charge in [0.25, 0.3) is 5.91 Å². The van der Waals surface area contributed by atoms with Gasteiger partial charge >= 0.3 is 0 Å². The number of aromatic nitrogens is 2. The average Bonchev–Trinajstić information content (AvgIpc) is 3.26. The van der Waals surface area contributed by atoms with Crippen molar-refractivity contribution in [2.75, 3.05) is 36.6 Å². The van der Waals surface area contributed by atoms with Crippen molar-refractivity contribution < 1.29 is 18.3 Å². The van der Waals surface area contributed by atoms with E-state index in [1.54, 1.807) is 24.4 Å². The summed E-state index contributed by atoms with van der Waals surface area (Å²) < 4.78 is 33.5. The van der Waals surface area contributed by atoms with Crippen LogP contribution in [0.3, 0.4) is 0 Å². The van der Waals surface area contributed by atoms with E-state index < -0.39 is 29.1 Å². The number of carbonyl (C=O) groups excluding carboxylic acids is 1. The van der Waals surface area contributed by atoms with Gasteiger partial charge in [-0.25, -0.2) is 18.7 Å². The Morgan fingerprint density at radius 1 is 1.35 bits per heavy atom. The molecular weight excluding hydrogens is 406 g/mol. The third-order valence-electron chi connectivity index (χ3n) is 6.39. The van der Waals surface area contributed by atoms with Gasteiger partial charge in [0.05, 0.1) is 31.4 Å². The van der Waals surface area contributed by atoms with Crippen LogP contribution < -0.4 is 15.2 Å². The fourth-order valence-electron chi connectivity index (χ4n) is 4.62. The zero-order valence-corrected chi connectivity index (χ0v) is 17.2. The molecule has 0 radical (unpaired) electrons. The van der Waals surface area contributed by atoms with Gasteiger partial charge in [-0.15, -0.1) is 0 Å². The van der Waals surface area contributed by atoms with Crippen LogP contribution in [0.25, 0.3) is 0 Å². The largest absolute Gasteiger partial charge is 0.377 e. The normalized spacial score (nSPS) is 27.2. The molecule has 2 aromatic rings. The zero-order valence-electron chi connectivity index (χ0n) is 17.2. The summed E-state index contributed by atoms with van der Waals surface area (Å²) in [5, 5.41) is 4.10. The molecule has 3 aliphatic heterocycles. The maximum Gasteiger partial charge on any atom is 0.255 e. The van der Waals surface area contributed by atoms with Crippen molar-refractivity contribution >= 4 is 23.6 Å². The third kappa shape index (κ3) is 2.88. The highest BCUT2D eigenvalue weighted by molar-refractivity contribution is 6.07. The van der Waals surface area contributed by atoms with Crippen LogP contribution >= 0.6 is 0 Å². The van der Waals surface area contributed by atoms with Gasteiger partial charge < -0.3 is 20.0 Å². The molecular formula is C21H22F2N6O2. The van der Waals surface area contributed by atoms with Crippen LogP contribution in [0.5, 0.6) is 0 Å². The first kappa shape index (κ1) is 19.8. The summed E-state index contributed by atoms with van der Waals surface area (Å²) in [5.41, 5.74) is 2.97. The number of nitrogens with one attached hydrogen (secondary N) is 1. The zero-order chi connectivity index (χ0) is 21.8. The number of benzene rings is 1. The Labute approximate surface area is 177 Å². The van der Waals surface area contributed by atoms with Gasteiger partial charge in [-0.1, -0.05) is 13.0 Å². The Balaban J connectivity index is 1.57. The minimum absolute atomic E-state index is 0.0473. The van der Waals surface area contributed by atoms with Crippen molar-refractivity contribution in [2.45, 2.75) is 30.8 Å². The Kier molecular flexibility index (Phi) is 4.62. The molecule has 10 heteroatoms. The number of hydrazone groups is 1. The van der Waals surface area contributed by atoms with Crippen LogP contribution in [0.1, 0.15) is 36.7 Å². The van der Waals surface area contributed by atoms with Gasteiger partial charge in [-0.3, -0.25) is 4.79 Å². The molecule has 3 atom stereocenters. The number of hydrogen-bond donors (Lipinski definition) is 1. The molecule has 0 bridgehead atoms. The van der Waals surface area contributed by atoms with E-state index in [0.29, 0.717) is 43.5 Å². The summed E-state index contributed by atoms with van der Waals surface area (Å²) >= 11 is 0. The molecule has 1 saturated heterocycles. The number of rotatable bonds is 3. The highest BCUT2D eigenvalue weighted by atomic mass is 19.1. The van der Waals surface area contributed by atoms with Crippen molar-refractivity contribution in [2.24, 2.45) is 5.10 Å². The lowest BCUT2D eigenvalue weighted by Gasteiger charge is -2.51. The predicted octanol–water partition coefficient (Wildman–Crippen LogP) is 2.13. The number of ether oxygens (including phenoxy) is 1. The maximum atomic E-state index is 14.4. The molecule has 0 spiro atoms. The van der Waals surface area contributed by atoms with Crippen LogP contribution in [0.2, 0.25) is 0 Å². The number of halogens is 2. The third-order valence-corrected chi connectivity index (χ3v) is 6.39. The molecule has 1 aromatic heterocycles. The average molecular weight is 428 g/mol. The van der Waals surface area contributed by atoms with E-state index in [1.807, 2.05) is 11.8 Å². The van der Waals surface area contributed by atoms with E-state index >= 15 is 0 Å². The first-order valence-corrected chi connectivity index (χ1v) is 10.2. The van der Waals surface area contributed by atoms with Crippen LogP contribution in [0, 0.1) is 11.6 Å². The van der Waals surface area contributed by atoms with Crippen LogP contribution in [0.15, 0.2) is 29.5 Å². The highest BCUT2D eigenvalue weighted by Gasteiger charge is 2.52. The molecule has 162 valence electrons. The van der Waals surface area contributed by atoms with Crippen molar-refractivity contribution in [3.8, 4) is 0 Å². The van der Waals surface area contributed by atoms with Crippen LogP contribution in [0.4, 0.5) is 20.3 Å². The van der Waals surface area contributed by atoms with E-state index in [9.17, 15) is 13.6 Å². The van der Waals surface area contributed by atoms with Gasteiger partial charge in [0, 0.05) is 31.4 Å².